The van der Waals surface area contributed by atoms with E-state index in [0.717, 1.165) is 6.54 Å². The lowest BCUT2D eigenvalue weighted by Crippen LogP contribution is -2.32. The number of piperidine rings is 1. The van der Waals surface area contributed by atoms with E-state index >= 15 is 0 Å². The van der Waals surface area contributed by atoms with E-state index in [2.05, 4.69) is 25.6 Å². The molecule has 90 valence electrons. The molecule has 17 heavy (non-hydrogen) atoms. The summed E-state index contributed by atoms with van der Waals surface area (Å²) in [7, 11) is 0. The van der Waals surface area contributed by atoms with Gasteiger partial charge in [-0.25, -0.2) is 9.97 Å². The van der Waals surface area contributed by atoms with Crippen LogP contribution in [0.15, 0.2) is 22.5 Å². The van der Waals surface area contributed by atoms with Crippen LogP contribution in [-0.4, -0.2) is 21.4 Å². The number of nitrogens with zero attached hydrogens (tertiary/aromatic N) is 3. The number of thiazole rings is 2. The summed E-state index contributed by atoms with van der Waals surface area (Å²) in [6.45, 7) is 2.13. The van der Waals surface area contributed by atoms with Gasteiger partial charge in [0.2, 0.25) is 0 Å². The summed E-state index contributed by atoms with van der Waals surface area (Å²) in [5.74, 6) is 0. The van der Waals surface area contributed by atoms with Gasteiger partial charge < -0.3 is 0 Å². The van der Waals surface area contributed by atoms with Gasteiger partial charge in [0, 0.05) is 23.5 Å². The first-order valence-corrected chi connectivity index (χ1v) is 7.76. The molecule has 0 aliphatic carbocycles. The molecule has 0 saturated carbocycles. The van der Waals surface area contributed by atoms with Crippen LogP contribution in [0.25, 0.3) is 0 Å². The molecular weight excluding hydrogens is 250 g/mol. The highest BCUT2D eigenvalue weighted by Gasteiger charge is 2.25. The monoisotopic (exact) mass is 265 g/mol. The number of likely N-dealkylation sites (tertiary alicyclic amines) is 1. The fraction of sp³-hybridized carbons (Fsp3) is 0.500. The summed E-state index contributed by atoms with van der Waals surface area (Å²) in [5, 5.41) is 5.48. The Bertz CT molecular complexity index is 438. The van der Waals surface area contributed by atoms with Crippen molar-refractivity contribution in [3.8, 4) is 0 Å². The van der Waals surface area contributed by atoms with Crippen molar-refractivity contribution in [1.82, 2.24) is 14.9 Å². The summed E-state index contributed by atoms with van der Waals surface area (Å²) < 4.78 is 0. The Morgan fingerprint density at radius 2 is 2.35 bits per heavy atom. The van der Waals surface area contributed by atoms with Gasteiger partial charge in [-0.3, -0.25) is 4.90 Å². The highest BCUT2D eigenvalue weighted by molar-refractivity contribution is 7.09. The van der Waals surface area contributed by atoms with Gasteiger partial charge >= 0.3 is 0 Å². The Morgan fingerprint density at radius 3 is 3.12 bits per heavy atom. The Labute approximate surface area is 109 Å². The number of aromatic nitrogens is 2. The number of hydrogen-bond acceptors (Lipinski definition) is 5. The van der Waals surface area contributed by atoms with Crippen LogP contribution in [-0.2, 0) is 6.54 Å². The van der Waals surface area contributed by atoms with Crippen molar-refractivity contribution in [2.45, 2.75) is 31.8 Å². The van der Waals surface area contributed by atoms with Crippen molar-refractivity contribution < 1.29 is 0 Å². The molecule has 3 rings (SSSR count). The molecule has 0 bridgehead atoms. The second-order valence-corrected chi connectivity index (χ2v) is 5.98. The second kappa shape index (κ2) is 5.25. The highest BCUT2D eigenvalue weighted by Crippen LogP contribution is 2.32. The molecule has 1 fully saturated rings. The first-order chi connectivity index (χ1) is 8.43. The summed E-state index contributed by atoms with van der Waals surface area (Å²) in [6.07, 6.45) is 5.76. The lowest BCUT2D eigenvalue weighted by atomic mass is 10.0. The first-order valence-electron chi connectivity index (χ1n) is 5.94. The molecule has 0 amide bonds. The Hall–Kier alpha value is -0.780. The zero-order valence-electron chi connectivity index (χ0n) is 9.58. The smallest absolute Gasteiger partial charge is 0.110 e. The molecule has 0 radical (unpaired) electrons. The average molecular weight is 265 g/mol. The number of rotatable bonds is 3. The quantitative estimate of drug-likeness (QED) is 0.852. The van der Waals surface area contributed by atoms with Gasteiger partial charge in [0.15, 0.2) is 0 Å². The van der Waals surface area contributed by atoms with Gasteiger partial charge in [0.05, 0.1) is 17.2 Å². The van der Waals surface area contributed by atoms with E-state index in [0.29, 0.717) is 6.04 Å². The van der Waals surface area contributed by atoms with Gasteiger partial charge in [0.25, 0.3) is 0 Å². The van der Waals surface area contributed by atoms with Crippen LogP contribution in [0.3, 0.4) is 0 Å². The van der Waals surface area contributed by atoms with E-state index in [9.17, 15) is 0 Å². The van der Waals surface area contributed by atoms with Crippen LogP contribution >= 0.6 is 22.7 Å². The Balaban J connectivity index is 1.76. The van der Waals surface area contributed by atoms with Crippen LogP contribution in [0.2, 0.25) is 0 Å². The Morgan fingerprint density at radius 1 is 1.35 bits per heavy atom. The number of hydrogen-bond donors (Lipinski definition) is 0. The lowest BCUT2D eigenvalue weighted by molar-refractivity contribution is 0.139. The molecule has 2 aromatic heterocycles. The molecule has 0 spiro atoms. The van der Waals surface area contributed by atoms with Crippen LogP contribution in [0.1, 0.15) is 36.0 Å². The molecule has 1 aliphatic heterocycles. The zero-order chi connectivity index (χ0) is 11.5. The van der Waals surface area contributed by atoms with Crippen molar-refractivity contribution >= 4 is 22.7 Å². The molecule has 3 heterocycles. The third kappa shape index (κ3) is 2.56. The lowest BCUT2D eigenvalue weighted by Gasteiger charge is -2.33. The van der Waals surface area contributed by atoms with Crippen molar-refractivity contribution in [3.63, 3.8) is 0 Å². The van der Waals surface area contributed by atoms with E-state index in [1.807, 2.05) is 11.7 Å². The van der Waals surface area contributed by atoms with Crippen molar-refractivity contribution in [2.24, 2.45) is 0 Å². The van der Waals surface area contributed by atoms with Crippen molar-refractivity contribution in [3.05, 3.63) is 33.2 Å². The van der Waals surface area contributed by atoms with Gasteiger partial charge in [-0.05, 0) is 19.4 Å². The maximum Gasteiger partial charge on any atom is 0.110 e. The van der Waals surface area contributed by atoms with Crippen molar-refractivity contribution in [1.29, 1.82) is 0 Å². The van der Waals surface area contributed by atoms with E-state index in [1.165, 1.54) is 36.5 Å². The van der Waals surface area contributed by atoms with E-state index in [-0.39, 0.29) is 0 Å². The van der Waals surface area contributed by atoms with Gasteiger partial charge in [-0.15, -0.1) is 22.7 Å². The van der Waals surface area contributed by atoms with Crippen LogP contribution in [0.5, 0.6) is 0 Å². The molecule has 2 aromatic rings. The van der Waals surface area contributed by atoms with Gasteiger partial charge in [-0.2, -0.15) is 0 Å². The highest BCUT2D eigenvalue weighted by atomic mass is 32.1. The minimum Gasteiger partial charge on any atom is -0.288 e. The van der Waals surface area contributed by atoms with Crippen molar-refractivity contribution in [2.75, 3.05) is 6.54 Å². The molecule has 0 aromatic carbocycles. The summed E-state index contributed by atoms with van der Waals surface area (Å²) in [6, 6.07) is 0.505. The maximum absolute atomic E-state index is 4.48. The third-order valence-electron chi connectivity index (χ3n) is 3.20. The largest absolute Gasteiger partial charge is 0.288 e. The fourth-order valence-corrected chi connectivity index (χ4v) is 3.74. The minimum atomic E-state index is 0.505. The predicted octanol–water partition coefficient (Wildman–Crippen LogP) is 3.33. The minimum absolute atomic E-state index is 0.505. The molecule has 1 saturated heterocycles. The van der Waals surface area contributed by atoms with Gasteiger partial charge in [0.1, 0.15) is 5.01 Å². The predicted molar refractivity (Wildman–Crippen MR) is 71.2 cm³/mol. The molecule has 1 atom stereocenters. The Kier molecular flexibility index (Phi) is 3.49. The fourth-order valence-electron chi connectivity index (χ4n) is 2.38. The second-order valence-electron chi connectivity index (χ2n) is 4.33. The van der Waals surface area contributed by atoms with E-state index in [4.69, 9.17) is 0 Å². The molecular formula is C12H15N3S2. The first kappa shape index (κ1) is 11.3. The normalized spacial score (nSPS) is 21.8. The van der Waals surface area contributed by atoms with E-state index < -0.39 is 0 Å². The summed E-state index contributed by atoms with van der Waals surface area (Å²) in [4.78, 5) is 11.4. The third-order valence-corrected chi connectivity index (χ3v) is 4.71. The average Bonchev–Trinajstić information content (AvgIpc) is 3.01. The van der Waals surface area contributed by atoms with Crippen LogP contribution < -0.4 is 0 Å². The van der Waals surface area contributed by atoms with E-state index in [1.54, 1.807) is 22.7 Å². The van der Waals surface area contributed by atoms with Crippen LogP contribution in [0, 0.1) is 0 Å². The molecule has 3 nitrogen and oxygen atoms in total. The SMILES string of the molecule is c1csc([C@H]2CCCCN2Cc2cscn2)n1. The molecule has 0 N–H and O–H groups in total. The topological polar surface area (TPSA) is 29.0 Å². The molecule has 5 heteroatoms. The summed E-state index contributed by atoms with van der Waals surface area (Å²) in [5.41, 5.74) is 3.11. The summed E-state index contributed by atoms with van der Waals surface area (Å²) >= 11 is 3.45. The standard InChI is InChI=1S/C12H15N3S2/c1-2-5-15(7-10-8-16-9-14-10)11(3-1)12-13-4-6-17-12/h4,6,8-9,11H,1-3,5,7H2/t11-/m1/s1. The zero-order valence-corrected chi connectivity index (χ0v) is 11.2. The van der Waals surface area contributed by atoms with Gasteiger partial charge in [-0.1, -0.05) is 6.42 Å². The molecule has 1 aliphatic rings. The maximum atomic E-state index is 4.48. The van der Waals surface area contributed by atoms with Crippen LogP contribution in [0.4, 0.5) is 0 Å². The molecule has 0 unspecified atom stereocenters.